The van der Waals surface area contributed by atoms with Gasteiger partial charge < -0.3 is 24.0 Å². The topological polar surface area (TPSA) is 68.3 Å². The number of nitrogens with zero attached hydrogens (tertiary/aromatic N) is 2. The van der Waals surface area contributed by atoms with Crippen LogP contribution in [0.4, 0.5) is 8.78 Å². The molecule has 0 atom stereocenters. The third kappa shape index (κ3) is 6.00. The molecule has 2 aromatic carbocycles. The number of rotatable bonds is 7. The van der Waals surface area contributed by atoms with Crippen LogP contribution < -0.4 is 14.2 Å². The lowest BCUT2D eigenvalue weighted by Crippen LogP contribution is -2.50. The molecule has 2 amide bonds. The lowest BCUT2D eigenvalue weighted by Gasteiger charge is -2.34. The summed E-state index contributed by atoms with van der Waals surface area (Å²) in [7, 11) is 2.91. The molecule has 33 heavy (non-hydrogen) atoms. The summed E-state index contributed by atoms with van der Waals surface area (Å²) < 4.78 is 39.7. The molecule has 176 valence electrons. The van der Waals surface area contributed by atoms with E-state index in [-0.39, 0.29) is 23.3 Å². The number of ether oxygens (including phenoxy) is 3. The number of aryl methyl sites for hydroxylation is 1. The van der Waals surface area contributed by atoms with Gasteiger partial charge in [0.25, 0.3) is 5.91 Å². The third-order valence-electron chi connectivity index (χ3n) is 5.36. The van der Waals surface area contributed by atoms with E-state index in [2.05, 4.69) is 4.74 Å². The van der Waals surface area contributed by atoms with E-state index in [4.69, 9.17) is 9.47 Å². The maximum atomic E-state index is 12.8. The Morgan fingerprint density at radius 3 is 2.21 bits per heavy atom. The molecule has 0 aromatic heterocycles. The van der Waals surface area contributed by atoms with Crippen molar-refractivity contribution < 1.29 is 32.6 Å². The van der Waals surface area contributed by atoms with Gasteiger partial charge in [-0.15, -0.1) is 0 Å². The predicted octanol–water partition coefficient (Wildman–Crippen LogP) is 3.61. The van der Waals surface area contributed by atoms with Gasteiger partial charge in [-0.3, -0.25) is 9.59 Å². The highest BCUT2D eigenvalue weighted by Crippen LogP contribution is 2.30. The highest BCUT2D eigenvalue weighted by Gasteiger charge is 2.24. The summed E-state index contributed by atoms with van der Waals surface area (Å²) in [6, 6.07) is 9.76. The average Bonchev–Trinajstić information content (AvgIpc) is 2.82. The fourth-order valence-corrected chi connectivity index (χ4v) is 3.52. The van der Waals surface area contributed by atoms with Gasteiger partial charge in [0.15, 0.2) is 11.5 Å². The van der Waals surface area contributed by atoms with Crippen molar-refractivity contribution in [3.63, 3.8) is 0 Å². The van der Waals surface area contributed by atoms with Crippen LogP contribution in [0.15, 0.2) is 42.5 Å². The second-order valence-corrected chi connectivity index (χ2v) is 7.42. The van der Waals surface area contributed by atoms with Gasteiger partial charge in [-0.2, -0.15) is 8.78 Å². The maximum absolute atomic E-state index is 12.8. The molecule has 0 N–H and O–H groups in total. The summed E-state index contributed by atoms with van der Waals surface area (Å²) in [5, 5.41) is 0. The number of alkyl halides is 2. The highest BCUT2D eigenvalue weighted by molar-refractivity contribution is 5.95. The van der Waals surface area contributed by atoms with Crippen molar-refractivity contribution in [3.8, 4) is 17.2 Å². The van der Waals surface area contributed by atoms with Crippen molar-refractivity contribution in [2.75, 3.05) is 40.4 Å². The SMILES string of the molecule is COc1cc(C(=O)N2CCN(C(=O)/C=C/c3ccc(OC(F)F)c(OC)c3)CC2)ccc1C. The van der Waals surface area contributed by atoms with Gasteiger partial charge in [-0.1, -0.05) is 12.1 Å². The molecule has 2 aromatic rings. The molecule has 7 nitrogen and oxygen atoms in total. The fraction of sp³-hybridized carbons (Fsp3) is 0.333. The van der Waals surface area contributed by atoms with Gasteiger partial charge in [0.2, 0.25) is 5.91 Å². The average molecular weight is 460 g/mol. The molecule has 1 aliphatic rings. The van der Waals surface area contributed by atoms with Crippen LogP contribution in [0.2, 0.25) is 0 Å². The van der Waals surface area contributed by atoms with E-state index in [1.165, 1.54) is 25.3 Å². The van der Waals surface area contributed by atoms with Gasteiger partial charge in [0.05, 0.1) is 14.2 Å². The summed E-state index contributed by atoms with van der Waals surface area (Å²) in [5.74, 6) is 0.415. The second kappa shape index (κ2) is 10.8. The first-order valence-corrected chi connectivity index (χ1v) is 10.4. The first kappa shape index (κ1) is 24.0. The molecule has 0 bridgehead atoms. The number of piperazine rings is 1. The van der Waals surface area contributed by atoms with Crippen LogP contribution in [0.5, 0.6) is 17.2 Å². The van der Waals surface area contributed by atoms with Gasteiger partial charge >= 0.3 is 6.61 Å². The van der Waals surface area contributed by atoms with E-state index in [1.54, 1.807) is 41.2 Å². The smallest absolute Gasteiger partial charge is 0.387 e. The quantitative estimate of drug-likeness (QED) is 0.591. The zero-order chi connectivity index (χ0) is 24.0. The molecule has 0 aliphatic carbocycles. The molecule has 0 spiro atoms. The number of halogens is 2. The van der Waals surface area contributed by atoms with Crippen LogP contribution in [0.1, 0.15) is 21.5 Å². The second-order valence-electron chi connectivity index (χ2n) is 7.42. The Morgan fingerprint density at radius 2 is 1.58 bits per heavy atom. The van der Waals surface area contributed by atoms with Crippen LogP contribution in [0.25, 0.3) is 6.08 Å². The Bertz CT molecular complexity index is 1030. The fourth-order valence-electron chi connectivity index (χ4n) is 3.52. The zero-order valence-corrected chi connectivity index (χ0v) is 18.7. The summed E-state index contributed by atoms with van der Waals surface area (Å²) in [6.45, 7) is 0.599. The van der Waals surface area contributed by atoms with Crippen LogP contribution >= 0.6 is 0 Å². The summed E-state index contributed by atoms with van der Waals surface area (Å²) >= 11 is 0. The van der Waals surface area contributed by atoms with Crippen molar-refractivity contribution in [1.82, 2.24) is 9.80 Å². The van der Waals surface area contributed by atoms with E-state index in [0.29, 0.717) is 43.1 Å². The van der Waals surface area contributed by atoms with Crippen molar-refractivity contribution in [3.05, 3.63) is 59.2 Å². The number of amides is 2. The van der Waals surface area contributed by atoms with E-state index in [9.17, 15) is 18.4 Å². The van der Waals surface area contributed by atoms with E-state index in [1.807, 2.05) is 13.0 Å². The minimum atomic E-state index is -2.96. The summed E-state index contributed by atoms with van der Waals surface area (Å²) in [6.07, 6.45) is 2.98. The summed E-state index contributed by atoms with van der Waals surface area (Å²) in [5.41, 5.74) is 2.10. The molecular weight excluding hydrogens is 434 g/mol. The van der Waals surface area contributed by atoms with E-state index < -0.39 is 6.61 Å². The molecule has 0 saturated carbocycles. The molecule has 1 heterocycles. The molecule has 1 aliphatic heterocycles. The third-order valence-corrected chi connectivity index (χ3v) is 5.36. The number of carbonyl (C=O) groups excluding carboxylic acids is 2. The molecule has 1 saturated heterocycles. The maximum Gasteiger partial charge on any atom is 0.387 e. The number of carbonyl (C=O) groups is 2. The van der Waals surface area contributed by atoms with Gasteiger partial charge in [0, 0.05) is 37.8 Å². The zero-order valence-electron chi connectivity index (χ0n) is 18.7. The number of hydrogen-bond acceptors (Lipinski definition) is 5. The molecule has 1 fully saturated rings. The Labute approximate surface area is 191 Å². The van der Waals surface area contributed by atoms with Crippen molar-refractivity contribution >= 4 is 17.9 Å². The lowest BCUT2D eigenvalue weighted by atomic mass is 10.1. The first-order chi connectivity index (χ1) is 15.8. The highest BCUT2D eigenvalue weighted by atomic mass is 19.3. The van der Waals surface area contributed by atoms with Crippen molar-refractivity contribution in [1.29, 1.82) is 0 Å². The molecule has 9 heteroatoms. The largest absolute Gasteiger partial charge is 0.496 e. The minimum absolute atomic E-state index is 0.0806. The van der Waals surface area contributed by atoms with Gasteiger partial charge in [-0.25, -0.2) is 0 Å². The molecule has 3 rings (SSSR count). The normalized spacial score (nSPS) is 14.0. The van der Waals surface area contributed by atoms with Gasteiger partial charge in [-0.05, 0) is 48.4 Å². The molecule has 0 radical (unpaired) electrons. The Hall–Kier alpha value is -3.62. The van der Waals surface area contributed by atoms with Crippen LogP contribution in [-0.2, 0) is 4.79 Å². The Kier molecular flexibility index (Phi) is 7.87. The number of methoxy groups -OCH3 is 2. The minimum Gasteiger partial charge on any atom is -0.496 e. The lowest BCUT2D eigenvalue weighted by molar-refractivity contribution is -0.127. The van der Waals surface area contributed by atoms with Crippen LogP contribution in [-0.4, -0.2) is 68.6 Å². The number of benzene rings is 2. The van der Waals surface area contributed by atoms with Crippen LogP contribution in [0, 0.1) is 6.92 Å². The van der Waals surface area contributed by atoms with Crippen molar-refractivity contribution in [2.45, 2.75) is 13.5 Å². The predicted molar refractivity (Wildman–Crippen MR) is 119 cm³/mol. The molecular formula is C24H26F2N2O5. The molecule has 0 unspecified atom stereocenters. The van der Waals surface area contributed by atoms with E-state index in [0.717, 1.165) is 5.56 Å². The Morgan fingerprint density at radius 1 is 0.909 bits per heavy atom. The van der Waals surface area contributed by atoms with E-state index >= 15 is 0 Å². The number of hydrogen-bond donors (Lipinski definition) is 0. The van der Waals surface area contributed by atoms with Crippen molar-refractivity contribution in [2.24, 2.45) is 0 Å². The monoisotopic (exact) mass is 460 g/mol. The summed E-state index contributed by atoms with van der Waals surface area (Å²) in [4.78, 5) is 28.7. The van der Waals surface area contributed by atoms with Crippen LogP contribution in [0.3, 0.4) is 0 Å². The Balaban J connectivity index is 1.58. The first-order valence-electron chi connectivity index (χ1n) is 10.4. The van der Waals surface area contributed by atoms with Gasteiger partial charge in [0.1, 0.15) is 5.75 Å². The standard InChI is InChI=1S/C24H26F2N2O5/c1-16-4-7-18(15-20(16)31-2)23(30)28-12-10-27(11-13-28)22(29)9-6-17-5-8-19(33-24(25)26)21(14-17)32-3/h4-9,14-15,24H,10-13H2,1-3H3/b9-6+.